The van der Waals surface area contributed by atoms with Crippen molar-refractivity contribution in [1.82, 2.24) is 37.9 Å². The van der Waals surface area contributed by atoms with Crippen LogP contribution in [0.2, 0.25) is 0 Å². The van der Waals surface area contributed by atoms with Crippen molar-refractivity contribution in [3.8, 4) is 11.4 Å². The Hall–Kier alpha value is -6.82. The zero-order valence-corrected chi connectivity index (χ0v) is 31.1. The molecule has 0 bridgehead atoms. The lowest BCUT2D eigenvalue weighted by atomic mass is 9.86. The average Bonchev–Trinajstić information content (AvgIpc) is 3.98. The first-order chi connectivity index (χ1) is 25.8. The van der Waals surface area contributed by atoms with Crippen molar-refractivity contribution in [2.45, 2.75) is 52.4 Å². The summed E-state index contributed by atoms with van der Waals surface area (Å²) in [6.07, 6.45) is 18.2. The average molecular weight is 719 g/mol. The maximum absolute atomic E-state index is 12.5. The largest absolute Gasteiger partial charge is 0.305 e. The predicted octanol–water partition coefficient (Wildman–Crippen LogP) is 8.14. The van der Waals surface area contributed by atoms with E-state index in [0.717, 1.165) is 22.7 Å². The van der Waals surface area contributed by atoms with Gasteiger partial charge in [0.25, 0.3) is 11.8 Å². The smallest absolute Gasteiger partial charge is 0.256 e. The number of imidazole rings is 4. The van der Waals surface area contributed by atoms with Gasteiger partial charge < -0.3 is 28.6 Å². The van der Waals surface area contributed by atoms with Crippen molar-refractivity contribution in [1.29, 1.82) is 0 Å². The van der Waals surface area contributed by atoms with E-state index >= 15 is 0 Å². The van der Waals surface area contributed by atoms with E-state index in [0.29, 0.717) is 22.8 Å². The van der Waals surface area contributed by atoms with E-state index in [1.807, 2.05) is 116 Å². The van der Waals surface area contributed by atoms with E-state index < -0.39 is 0 Å². The number of nitrogens with one attached hydrogen (secondary N) is 2. The van der Waals surface area contributed by atoms with Gasteiger partial charge in [-0.1, -0.05) is 65.8 Å². The van der Waals surface area contributed by atoms with Crippen molar-refractivity contribution < 1.29 is 9.59 Å². The Morgan fingerprint density at radius 3 is 1.24 bits per heavy atom. The Morgan fingerprint density at radius 2 is 0.907 bits per heavy atom. The molecule has 2 amide bonds. The third-order valence-corrected chi connectivity index (χ3v) is 8.99. The number of pyridine rings is 2. The van der Waals surface area contributed by atoms with Crippen LogP contribution in [0.1, 0.15) is 73.4 Å². The molecule has 0 saturated carbocycles. The zero-order valence-electron chi connectivity index (χ0n) is 31.1. The Morgan fingerprint density at radius 1 is 0.519 bits per heavy atom. The third-order valence-electron chi connectivity index (χ3n) is 8.99. The van der Waals surface area contributed by atoms with Gasteiger partial charge in [-0.2, -0.15) is 0 Å². The molecule has 0 spiro atoms. The van der Waals surface area contributed by atoms with Crippen LogP contribution < -0.4 is 10.6 Å². The second kappa shape index (κ2) is 14.3. The normalized spacial score (nSPS) is 11.7. The van der Waals surface area contributed by atoms with Gasteiger partial charge in [-0.15, -0.1) is 0 Å². The van der Waals surface area contributed by atoms with Crippen LogP contribution in [-0.4, -0.2) is 49.7 Å². The summed E-state index contributed by atoms with van der Waals surface area (Å²) < 4.78 is 7.59. The summed E-state index contributed by atoms with van der Waals surface area (Å²) in [4.78, 5) is 42.1. The molecule has 8 aromatic rings. The van der Waals surface area contributed by atoms with Crippen LogP contribution in [0, 0.1) is 0 Å². The maximum Gasteiger partial charge on any atom is 0.256 e. The summed E-state index contributed by atoms with van der Waals surface area (Å²) in [6.45, 7) is 12.9. The second-order valence-electron chi connectivity index (χ2n) is 15.1. The van der Waals surface area contributed by atoms with Crippen LogP contribution in [-0.2, 0) is 10.8 Å². The molecule has 54 heavy (non-hydrogen) atoms. The van der Waals surface area contributed by atoms with E-state index in [2.05, 4.69) is 72.1 Å². The lowest BCUT2D eigenvalue weighted by Gasteiger charge is -2.18. The highest BCUT2D eigenvalue weighted by molar-refractivity contribution is 6.04. The molecule has 0 aliphatic carbocycles. The number of carbonyl (C=O) groups excluding carboxylic acids is 2. The quantitative estimate of drug-likeness (QED) is 0.179. The van der Waals surface area contributed by atoms with Crippen molar-refractivity contribution >= 4 is 34.7 Å². The number of anilines is 2. The van der Waals surface area contributed by atoms with E-state index in [1.165, 1.54) is 11.1 Å². The van der Waals surface area contributed by atoms with E-state index in [4.69, 9.17) is 0 Å². The number of benzene rings is 2. The number of hydrogen-bond acceptors (Lipinski definition) is 6. The molecule has 0 fully saturated rings. The number of hydrogen-bond donors (Lipinski definition) is 2. The molecule has 0 atom stereocenters. The molecule has 8 rings (SSSR count). The fourth-order valence-electron chi connectivity index (χ4n) is 5.83. The number of carbonyl (C=O) groups is 2. The molecule has 0 unspecified atom stereocenters. The summed E-state index contributed by atoms with van der Waals surface area (Å²) in [5.41, 5.74) is 7.18. The zero-order chi connectivity index (χ0) is 38.0. The summed E-state index contributed by atoms with van der Waals surface area (Å²) in [5, 5.41) is 5.74. The number of amides is 2. The van der Waals surface area contributed by atoms with Crippen molar-refractivity contribution in [3.63, 3.8) is 0 Å². The molecule has 2 N–H and O–H groups in total. The maximum atomic E-state index is 12.5. The number of rotatable bonds is 6. The summed E-state index contributed by atoms with van der Waals surface area (Å²) in [7, 11) is 0. The molecule has 0 aliphatic rings. The summed E-state index contributed by atoms with van der Waals surface area (Å²) >= 11 is 0. The Labute approximate surface area is 313 Å². The molecule has 12 nitrogen and oxygen atoms in total. The molecule has 2 aromatic carbocycles. The number of fused-ring (bicyclic) bond motifs is 2. The molecule has 0 aliphatic heterocycles. The van der Waals surface area contributed by atoms with Gasteiger partial charge in [0.2, 0.25) is 0 Å². The van der Waals surface area contributed by atoms with Gasteiger partial charge in [0.1, 0.15) is 11.3 Å². The van der Waals surface area contributed by atoms with Gasteiger partial charge in [-0.05, 0) is 70.5 Å². The first-order valence-corrected chi connectivity index (χ1v) is 17.6. The monoisotopic (exact) mass is 718 g/mol. The molecule has 0 radical (unpaired) electrons. The highest BCUT2D eigenvalue weighted by Gasteiger charge is 2.17. The first-order valence-electron chi connectivity index (χ1n) is 17.6. The number of nitrogens with zero attached hydrogens (tertiary/aromatic N) is 8. The molecular weight excluding hydrogens is 677 g/mol. The molecule has 6 aromatic heterocycles. The minimum atomic E-state index is -0.173. The molecular formula is C42H42N10O2. The molecule has 272 valence electrons. The molecule has 0 saturated heterocycles. The Bertz CT molecular complexity index is 2350. The van der Waals surface area contributed by atoms with Gasteiger partial charge in [-0.3, -0.25) is 9.59 Å². The van der Waals surface area contributed by atoms with Gasteiger partial charge in [0.05, 0.1) is 36.4 Å². The molecule has 12 heteroatoms. The standard InChI is InChI=1S/2C21H21N5O/c2*1-21(2,3)16-6-4-15(5-7-16)20(27)24-18-13-26-12-17(8-9-19(26)23-18)25-11-10-22-14-25/h2*4-14H,1-3H3,(H,24,27). The second-order valence-corrected chi connectivity index (χ2v) is 15.1. The fraction of sp³-hybridized carbons (Fsp3) is 0.190. The van der Waals surface area contributed by atoms with Crippen LogP contribution in [0.15, 0.2) is 135 Å². The van der Waals surface area contributed by atoms with Crippen LogP contribution in [0.4, 0.5) is 11.6 Å². The summed E-state index contributed by atoms with van der Waals surface area (Å²) in [6, 6.07) is 23.1. The predicted molar refractivity (Wildman–Crippen MR) is 211 cm³/mol. The Balaban J connectivity index is 0.000000167. The van der Waals surface area contributed by atoms with Crippen molar-refractivity contribution in [2.24, 2.45) is 0 Å². The highest BCUT2D eigenvalue weighted by Crippen LogP contribution is 2.24. The highest BCUT2D eigenvalue weighted by atomic mass is 16.2. The topological polar surface area (TPSA) is 128 Å². The van der Waals surface area contributed by atoms with E-state index in [-0.39, 0.29) is 22.6 Å². The van der Waals surface area contributed by atoms with Crippen molar-refractivity contribution in [3.05, 3.63) is 157 Å². The molecule has 6 heterocycles. The van der Waals surface area contributed by atoms with Gasteiger partial charge in [-0.25, -0.2) is 19.9 Å². The van der Waals surface area contributed by atoms with Crippen LogP contribution in [0.5, 0.6) is 0 Å². The lowest BCUT2D eigenvalue weighted by molar-refractivity contribution is 0.101. The fourth-order valence-corrected chi connectivity index (χ4v) is 5.83. The van der Waals surface area contributed by atoms with Gasteiger partial charge in [0, 0.05) is 48.3 Å². The SMILES string of the molecule is CC(C)(C)c1ccc(C(=O)Nc2cn3cc(-n4ccnc4)ccc3n2)cc1.CC(C)(C)c1ccc(C(=O)Nc2cn3cc(-n4ccnc4)ccc3n2)cc1. The number of aromatic nitrogens is 8. The van der Waals surface area contributed by atoms with Gasteiger partial charge in [0.15, 0.2) is 11.6 Å². The minimum absolute atomic E-state index is 0.0591. The Kier molecular flexibility index (Phi) is 9.42. The third kappa shape index (κ3) is 7.97. The lowest BCUT2D eigenvalue weighted by Crippen LogP contribution is -2.14. The van der Waals surface area contributed by atoms with E-state index in [1.54, 1.807) is 37.4 Å². The van der Waals surface area contributed by atoms with E-state index in [9.17, 15) is 9.59 Å². The van der Waals surface area contributed by atoms with Crippen LogP contribution in [0.3, 0.4) is 0 Å². The summed E-state index contributed by atoms with van der Waals surface area (Å²) in [5.74, 6) is 0.688. The van der Waals surface area contributed by atoms with Crippen molar-refractivity contribution in [2.75, 3.05) is 10.6 Å². The van der Waals surface area contributed by atoms with Gasteiger partial charge >= 0.3 is 0 Å². The van der Waals surface area contributed by atoms with Crippen LogP contribution in [0.25, 0.3) is 22.7 Å². The first kappa shape index (κ1) is 35.6. The minimum Gasteiger partial charge on any atom is -0.305 e. The van der Waals surface area contributed by atoms with Crippen LogP contribution >= 0.6 is 0 Å².